The third-order valence-corrected chi connectivity index (χ3v) is 1.85. The van der Waals surface area contributed by atoms with Gasteiger partial charge in [0.05, 0.1) is 0 Å². The molecule has 2 N–H and O–H groups in total. The summed E-state index contributed by atoms with van der Waals surface area (Å²) in [7, 11) is 0. The van der Waals surface area contributed by atoms with Gasteiger partial charge in [0.25, 0.3) is 0 Å². The van der Waals surface area contributed by atoms with Gasteiger partial charge >= 0.3 is 0 Å². The standard InChI is InChI=1S/C4H10N2S/c1-3-4(7)2-5-6-3/h3-7H,2H2,1H3. The molecule has 2 nitrogen and oxygen atoms in total. The zero-order chi connectivity index (χ0) is 5.28. The Balaban J connectivity index is 2.33. The Morgan fingerprint density at radius 1 is 1.71 bits per heavy atom. The molecule has 1 aliphatic heterocycles. The summed E-state index contributed by atoms with van der Waals surface area (Å²) in [6.45, 7) is 3.09. The van der Waals surface area contributed by atoms with E-state index in [4.69, 9.17) is 0 Å². The van der Waals surface area contributed by atoms with Crippen molar-refractivity contribution in [3.05, 3.63) is 0 Å². The first kappa shape index (κ1) is 5.41. The number of hydrogen-bond donors (Lipinski definition) is 3. The van der Waals surface area contributed by atoms with Gasteiger partial charge in [-0.15, -0.1) is 0 Å². The SMILES string of the molecule is CC1NNCC1S. The van der Waals surface area contributed by atoms with Crippen LogP contribution in [0.3, 0.4) is 0 Å². The van der Waals surface area contributed by atoms with Crippen molar-refractivity contribution in [3.63, 3.8) is 0 Å². The molecule has 0 aromatic carbocycles. The lowest BCUT2D eigenvalue weighted by Crippen LogP contribution is -2.28. The van der Waals surface area contributed by atoms with E-state index in [1.165, 1.54) is 0 Å². The molecule has 0 spiro atoms. The van der Waals surface area contributed by atoms with Crippen molar-refractivity contribution < 1.29 is 0 Å². The van der Waals surface area contributed by atoms with Crippen LogP contribution in [0.1, 0.15) is 6.92 Å². The molecule has 1 aliphatic rings. The maximum Gasteiger partial charge on any atom is 0.0320 e. The van der Waals surface area contributed by atoms with Crippen LogP contribution >= 0.6 is 12.6 Å². The van der Waals surface area contributed by atoms with Crippen molar-refractivity contribution in [1.29, 1.82) is 0 Å². The van der Waals surface area contributed by atoms with Crippen LogP contribution in [0.15, 0.2) is 0 Å². The molecule has 0 saturated carbocycles. The minimum absolute atomic E-state index is 0.486. The van der Waals surface area contributed by atoms with Gasteiger partial charge < -0.3 is 0 Å². The fraction of sp³-hybridized carbons (Fsp3) is 1.00. The normalized spacial score (nSPS) is 42.0. The van der Waals surface area contributed by atoms with Gasteiger partial charge in [-0.1, -0.05) is 0 Å². The topological polar surface area (TPSA) is 24.1 Å². The highest BCUT2D eigenvalue weighted by atomic mass is 32.1. The smallest absolute Gasteiger partial charge is 0.0320 e. The third-order valence-electron chi connectivity index (χ3n) is 1.22. The highest BCUT2D eigenvalue weighted by Gasteiger charge is 2.17. The Bertz CT molecular complexity index is 58.7. The van der Waals surface area contributed by atoms with Crippen LogP contribution in [0, 0.1) is 0 Å². The molecule has 1 fully saturated rings. The largest absolute Gasteiger partial charge is 0.256 e. The average molecular weight is 118 g/mol. The molecule has 42 valence electrons. The average Bonchev–Trinajstić information content (AvgIpc) is 1.91. The minimum atomic E-state index is 0.486. The Labute approximate surface area is 49.1 Å². The number of hydrazine groups is 1. The van der Waals surface area contributed by atoms with Crippen LogP contribution in [0.25, 0.3) is 0 Å². The fourth-order valence-corrected chi connectivity index (χ4v) is 0.763. The zero-order valence-corrected chi connectivity index (χ0v) is 5.20. The Morgan fingerprint density at radius 3 is 2.57 bits per heavy atom. The second-order valence-corrected chi connectivity index (χ2v) is 2.54. The van der Waals surface area contributed by atoms with Gasteiger partial charge in [-0.25, -0.2) is 0 Å². The molecule has 3 heteroatoms. The summed E-state index contributed by atoms with van der Waals surface area (Å²) < 4.78 is 0. The molecule has 2 atom stereocenters. The van der Waals surface area contributed by atoms with E-state index in [9.17, 15) is 0 Å². The molecular formula is C4H10N2S. The number of hydrogen-bond acceptors (Lipinski definition) is 3. The van der Waals surface area contributed by atoms with Crippen LogP contribution < -0.4 is 10.9 Å². The summed E-state index contributed by atoms with van der Waals surface area (Å²) in [6.07, 6.45) is 0. The molecular weight excluding hydrogens is 108 g/mol. The molecule has 2 unspecified atom stereocenters. The van der Waals surface area contributed by atoms with E-state index < -0.39 is 0 Å². The highest BCUT2D eigenvalue weighted by Crippen LogP contribution is 2.02. The van der Waals surface area contributed by atoms with Gasteiger partial charge in [0, 0.05) is 17.8 Å². The van der Waals surface area contributed by atoms with Crippen LogP contribution in [0.2, 0.25) is 0 Å². The van der Waals surface area contributed by atoms with Crippen molar-refractivity contribution in [2.75, 3.05) is 6.54 Å². The molecule has 1 heterocycles. The van der Waals surface area contributed by atoms with Crippen molar-refractivity contribution in [1.82, 2.24) is 10.9 Å². The van der Waals surface area contributed by atoms with E-state index in [-0.39, 0.29) is 0 Å². The monoisotopic (exact) mass is 118 g/mol. The maximum absolute atomic E-state index is 4.26. The lowest BCUT2D eigenvalue weighted by atomic mass is 10.3. The number of rotatable bonds is 0. The fourth-order valence-electron chi connectivity index (χ4n) is 0.597. The third kappa shape index (κ3) is 1.08. The first-order valence-electron chi connectivity index (χ1n) is 2.47. The van der Waals surface area contributed by atoms with Gasteiger partial charge in [-0.05, 0) is 6.92 Å². The summed E-state index contributed by atoms with van der Waals surface area (Å²) in [5.74, 6) is 0. The van der Waals surface area contributed by atoms with Crippen LogP contribution in [0.5, 0.6) is 0 Å². The van der Waals surface area contributed by atoms with Gasteiger partial charge in [0.2, 0.25) is 0 Å². The van der Waals surface area contributed by atoms with E-state index in [1.807, 2.05) is 0 Å². The zero-order valence-electron chi connectivity index (χ0n) is 4.31. The van der Waals surface area contributed by atoms with Crippen molar-refractivity contribution >= 4 is 12.6 Å². The Morgan fingerprint density at radius 2 is 2.43 bits per heavy atom. The molecule has 1 saturated heterocycles. The molecule has 7 heavy (non-hydrogen) atoms. The lowest BCUT2D eigenvalue weighted by molar-refractivity contribution is 0.597. The number of nitrogens with one attached hydrogen (secondary N) is 2. The first-order chi connectivity index (χ1) is 3.30. The molecule has 0 bridgehead atoms. The quantitative estimate of drug-likeness (QED) is 0.383. The Kier molecular flexibility index (Phi) is 1.57. The lowest BCUT2D eigenvalue weighted by Gasteiger charge is -2.02. The molecule has 0 amide bonds. The summed E-state index contributed by atoms with van der Waals surface area (Å²) in [4.78, 5) is 0. The minimum Gasteiger partial charge on any atom is -0.256 e. The van der Waals surface area contributed by atoms with Crippen molar-refractivity contribution in [3.8, 4) is 0 Å². The van der Waals surface area contributed by atoms with E-state index >= 15 is 0 Å². The predicted molar refractivity (Wildman–Crippen MR) is 33.4 cm³/mol. The predicted octanol–water partition coefficient (Wildman–Crippen LogP) is -0.219. The second kappa shape index (κ2) is 2.03. The Hall–Kier alpha value is 0.270. The summed E-state index contributed by atoms with van der Waals surface area (Å²) in [6, 6.07) is 0.517. The molecule has 0 radical (unpaired) electrons. The van der Waals surface area contributed by atoms with Crippen molar-refractivity contribution in [2.24, 2.45) is 0 Å². The van der Waals surface area contributed by atoms with Crippen LogP contribution in [-0.4, -0.2) is 17.8 Å². The second-order valence-electron chi connectivity index (χ2n) is 1.88. The van der Waals surface area contributed by atoms with E-state index in [0.29, 0.717) is 11.3 Å². The van der Waals surface area contributed by atoms with Gasteiger partial charge in [0.15, 0.2) is 0 Å². The summed E-state index contributed by atoms with van der Waals surface area (Å²) in [5, 5.41) is 0.486. The molecule has 0 aromatic rings. The van der Waals surface area contributed by atoms with E-state index in [2.05, 4.69) is 30.4 Å². The first-order valence-corrected chi connectivity index (χ1v) is 2.99. The van der Waals surface area contributed by atoms with Gasteiger partial charge in [-0.3, -0.25) is 10.9 Å². The van der Waals surface area contributed by atoms with Gasteiger partial charge in [0.1, 0.15) is 0 Å². The van der Waals surface area contributed by atoms with E-state index in [0.717, 1.165) is 6.54 Å². The summed E-state index contributed by atoms with van der Waals surface area (Å²) in [5.41, 5.74) is 6.04. The highest BCUT2D eigenvalue weighted by molar-refractivity contribution is 7.81. The molecule has 0 aliphatic carbocycles. The molecule has 1 rings (SSSR count). The van der Waals surface area contributed by atoms with Crippen LogP contribution in [0.4, 0.5) is 0 Å². The van der Waals surface area contributed by atoms with Crippen LogP contribution in [-0.2, 0) is 0 Å². The molecule has 0 aromatic heterocycles. The van der Waals surface area contributed by atoms with Crippen molar-refractivity contribution in [2.45, 2.75) is 18.2 Å². The maximum atomic E-state index is 4.26. The summed E-state index contributed by atoms with van der Waals surface area (Å²) >= 11 is 4.26. The number of thiol groups is 1. The van der Waals surface area contributed by atoms with Gasteiger partial charge in [-0.2, -0.15) is 12.6 Å². The van der Waals surface area contributed by atoms with E-state index in [1.54, 1.807) is 0 Å².